The normalized spacial score (nSPS) is 10.9. The average Bonchev–Trinajstić information content (AvgIpc) is 3.51. The zero-order valence-electron chi connectivity index (χ0n) is 16.8. The lowest BCUT2D eigenvalue weighted by Gasteiger charge is -2.16. The summed E-state index contributed by atoms with van der Waals surface area (Å²) < 4.78 is 21.9. The molecule has 3 heterocycles. The molecule has 1 aromatic carbocycles. The molecule has 0 aliphatic rings. The molecule has 0 aliphatic carbocycles. The van der Waals surface area contributed by atoms with E-state index in [0.717, 1.165) is 22.9 Å². The maximum atomic E-state index is 5.60. The number of rotatable bonds is 9. The molecule has 1 N–H and O–H groups in total. The third-order valence-electron chi connectivity index (χ3n) is 4.28. The first-order valence-electron chi connectivity index (χ1n) is 9.20. The molecule has 0 saturated carbocycles. The Bertz CT molecular complexity index is 1090. The lowest BCUT2D eigenvalue weighted by atomic mass is 10.2. The van der Waals surface area contributed by atoms with Gasteiger partial charge >= 0.3 is 0 Å². The van der Waals surface area contributed by atoms with Crippen LogP contribution in [0.5, 0.6) is 11.5 Å². The summed E-state index contributed by atoms with van der Waals surface area (Å²) in [7, 11) is 3.24. The van der Waals surface area contributed by atoms with Crippen molar-refractivity contribution in [3.8, 4) is 28.8 Å². The number of nitrogens with one attached hydrogen (secondary N) is 1. The fourth-order valence-corrected chi connectivity index (χ4v) is 4.51. The van der Waals surface area contributed by atoms with Crippen LogP contribution in [-0.2, 0) is 6.42 Å². The van der Waals surface area contributed by atoms with E-state index in [9.17, 15) is 0 Å². The van der Waals surface area contributed by atoms with Gasteiger partial charge in [0.15, 0.2) is 5.76 Å². The van der Waals surface area contributed by atoms with Crippen molar-refractivity contribution in [3.05, 3.63) is 52.7 Å². The minimum atomic E-state index is 0.543. The van der Waals surface area contributed by atoms with Crippen LogP contribution in [0.1, 0.15) is 10.7 Å². The number of furan rings is 1. The molecule has 0 spiro atoms. The molecular formula is C20H21N5O3S2. The third kappa shape index (κ3) is 4.14. The lowest BCUT2D eigenvalue weighted by Crippen LogP contribution is -2.07. The van der Waals surface area contributed by atoms with E-state index in [4.69, 9.17) is 13.9 Å². The molecule has 0 fully saturated rings. The third-order valence-corrected chi connectivity index (χ3v) is 6.04. The van der Waals surface area contributed by atoms with Crippen molar-refractivity contribution in [2.45, 2.75) is 13.3 Å². The average molecular weight is 444 g/mol. The topological polar surface area (TPSA) is 87.2 Å². The molecule has 0 amide bonds. The van der Waals surface area contributed by atoms with E-state index >= 15 is 0 Å². The zero-order chi connectivity index (χ0) is 20.9. The van der Waals surface area contributed by atoms with Gasteiger partial charge in [0.05, 0.1) is 25.5 Å². The summed E-state index contributed by atoms with van der Waals surface area (Å²) >= 11 is 3.22. The van der Waals surface area contributed by atoms with E-state index in [1.165, 1.54) is 11.9 Å². The summed E-state index contributed by atoms with van der Waals surface area (Å²) in [5, 5.41) is 11.9. The summed E-state index contributed by atoms with van der Waals surface area (Å²) in [6.45, 7) is 2.00. The first-order valence-corrected chi connectivity index (χ1v) is 11.1. The van der Waals surface area contributed by atoms with Crippen molar-refractivity contribution in [3.63, 3.8) is 0 Å². The molecule has 4 aromatic rings. The number of hydrogen-bond acceptors (Lipinski definition) is 9. The predicted molar refractivity (Wildman–Crippen MR) is 119 cm³/mol. The summed E-state index contributed by atoms with van der Waals surface area (Å²) in [5.41, 5.74) is 1.75. The van der Waals surface area contributed by atoms with Crippen LogP contribution in [0.3, 0.4) is 0 Å². The molecule has 10 heteroatoms. The highest BCUT2D eigenvalue weighted by molar-refractivity contribution is 8.00. The van der Waals surface area contributed by atoms with Gasteiger partial charge in [-0.3, -0.25) is 9.29 Å². The molecule has 0 aliphatic heterocycles. The monoisotopic (exact) mass is 443 g/mol. The maximum absolute atomic E-state index is 5.60. The summed E-state index contributed by atoms with van der Waals surface area (Å²) in [5.74, 6) is 3.78. The molecule has 0 bridgehead atoms. The van der Waals surface area contributed by atoms with Crippen molar-refractivity contribution in [2.24, 2.45) is 0 Å². The van der Waals surface area contributed by atoms with Crippen molar-refractivity contribution >= 4 is 29.2 Å². The van der Waals surface area contributed by atoms with Crippen molar-refractivity contribution < 1.29 is 13.9 Å². The fraction of sp³-hybridized carbons (Fsp3) is 0.250. The Morgan fingerprint density at radius 1 is 1.13 bits per heavy atom. The number of aromatic nitrogens is 4. The second kappa shape index (κ2) is 9.23. The van der Waals surface area contributed by atoms with Crippen LogP contribution in [0.4, 0.5) is 5.95 Å². The largest absolute Gasteiger partial charge is 0.494 e. The van der Waals surface area contributed by atoms with Gasteiger partial charge in [-0.15, -0.1) is 21.5 Å². The van der Waals surface area contributed by atoms with Gasteiger partial charge in [-0.2, -0.15) is 0 Å². The minimum absolute atomic E-state index is 0.543. The number of ether oxygens (including phenoxy) is 2. The molecule has 156 valence electrons. The maximum Gasteiger partial charge on any atom is 0.239 e. The van der Waals surface area contributed by atoms with E-state index in [1.807, 2.05) is 41.8 Å². The van der Waals surface area contributed by atoms with Gasteiger partial charge in [0.25, 0.3) is 0 Å². The Hall–Kier alpha value is -2.98. The standard InChI is InChI=1S/C20H21N5O3S2/c1-13-12-29-17(21-13)9-11-30-24-20-23-22-19(16-8-5-10-28-16)25(20)18-14(26-2)6-4-7-15(18)27-3/h4-8,10,12H,9,11H2,1-3H3,(H,23,24). The van der Waals surface area contributed by atoms with E-state index < -0.39 is 0 Å². The van der Waals surface area contributed by atoms with Gasteiger partial charge in [-0.25, -0.2) is 4.98 Å². The number of nitrogens with zero attached hydrogens (tertiary/aromatic N) is 4. The van der Waals surface area contributed by atoms with Crippen molar-refractivity contribution in [1.82, 2.24) is 19.7 Å². The molecular weight excluding hydrogens is 422 g/mol. The Balaban J connectivity index is 1.65. The Kier molecular flexibility index (Phi) is 6.24. The van der Waals surface area contributed by atoms with Gasteiger partial charge < -0.3 is 13.9 Å². The second-order valence-electron chi connectivity index (χ2n) is 6.25. The van der Waals surface area contributed by atoms with Crippen LogP contribution in [0, 0.1) is 6.92 Å². The molecule has 3 aromatic heterocycles. The summed E-state index contributed by atoms with van der Waals surface area (Å²) in [6.07, 6.45) is 2.47. The quantitative estimate of drug-likeness (QED) is 0.296. The molecule has 4 rings (SSSR count). The highest BCUT2D eigenvalue weighted by atomic mass is 32.2. The minimum Gasteiger partial charge on any atom is -0.494 e. The van der Waals surface area contributed by atoms with Gasteiger partial charge in [-0.1, -0.05) is 6.07 Å². The fourth-order valence-electron chi connectivity index (χ4n) is 2.95. The molecule has 30 heavy (non-hydrogen) atoms. The SMILES string of the molecule is COc1cccc(OC)c1-n1c(NSCCc2nc(C)cs2)nnc1-c1ccco1. The first kappa shape index (κ1) is 20.3. The molecule has 8 nitrogen and oxygen atoms in total. The van der Waals surface area contributed by atoms with Crippen LogP contribution in [0.15, 0.2) is 46.4 Å². The number of benzene rings is 1. The number of thiazole rings is 1. The summed E-state index contributed by atoms with van der Waals surface area (Å²) in [6, 6.07) is 9.25. The van der Waals surface area contributed by atoms with Crippen LogP contribution >= 0.6 is 23.3 Å². The lowest BCUT2D eigenvalue weighted by molar-refractivity contribution is 0.391. The van der Waals surface area contributed by atoms with Gasteiger partial charge in [0.1, 0.15) is 17.2 Å². The highest BCUT2D eigenvalue weighted by Crippen LogP contribution is 2.38. The predicted octanol–water partition coefficient (Wildman–Crippen LogP) is 4.61. The Labute approximate surface area is 182 Å². The molecule has 0 saturated heterocycles. The summed E-state index contributed by atoms with van der Waals surface area (Å²) in [4.78, 5) is 4.50. The van der Waals surface area contributed by atoms with E-state index in [-0.39, 0.29) is 0 Å². The molecule has 0 unspecified atom stereocenters. The number of anilines is 1. The number of methoxy groups -OCH3 is 2. The van der Waals surface area contributed by atoms with Crippen LogP contribution in [-0.4, -0.2) is 39.7 Å². The van der Waals surface area contributed by atoms with Gasteiger partial charge in [-0.05, 0) is 43.1 Å². The van der Waals surface area contributed by atoms with Crippen molar-refractivity contribution in [1.29, 1.82) is 0 Å². The highest BCUT2D eigenvalue weighted by Gasteiger charge is 2.23. The number of hydrogen-bond donors (Lipinski definition) is 1. The van der Waals surface area contributed by atoms with Crippen LogP contribution < -0.4 is 14.2 Å². The van der Waals surface area contributed by atoms with E-state index in [1.54, 1.807) is 31.8 Å². The number of aryl methyl sites for hydroxylation is 2. The second-order valence-corrected chi connectivity index (χ2v) is 8.10. The Morgan fingerprint density at radius 3 is 2.57 bits per heavy atom. The van der Waals surface area contributed by atoms with Gasteiger partial charge in [0.2, 0.25) is 11.8 Å². The smallest absolute Gasteiger partial charge is 0.239 e. The number of para-hydroxylation sites is 1. The Morgan fingerprint density at radius 2 is 1.93 bits per heavy atom. The molecule has 0 atom stereocenters. The van der Waals surface area contributed by atoms with E-state index in [0.29, 0.717) is 34.7 Å². The van der Waals surface area contributed by atoms with Crippen molar-refractivity contribution in [2.75, 3.05) is 24.7 Å². The van der Waals surface area contributed by atoms with Gasteiger partial charge in [0, 0.05) is 23.2 Å². The zero-order valence-corrected chi connectivity index (χ0v) is 18.4. The van der Waals surface area contributed by atoms with E-state index in [2.05, 4.69) is 25.3 Å². The van der Waals surface area contributed by atoms with Crippen LogP contribution in [0.2, 0.25) is 0 Å². The van der Waals surface area contributed by atoms with Crippen LogP contribution in [0.25, 0.3) is 17.3 Å². The molecule has 0 radical (unpaired) electrons. The first-order chi connectivity index (χ1) is 14.7.